The molecule has 154 valence electrons. The molecule has 3 amide bonds. The molecule has 1 atom stereocenters. The van der Waals surface area contributed by atoms with E-state index in [0.29, 0.717) is 22.6 Å². The van der Waals surface area contributed by atoms with Gasteiger partial charge in [0.05, 0.1) is 17.4 Å². The number of carbonyl (C=O) groups is 2. The molecule has 0 radical (unpaired) electrons. The number of aliphatic hydroxyl groups excluding tert-OH is 1. The number of rotatable bonds is 5. The van der Waals surface area contributed by atoms with Crippen LogP contribution in [-0.4, -0.2) is 17.0 Å². The smallest absolute Gasteiger partial charge is 0.336 e. The topological polar surface area (TPSA) is 81.7 Å². The summed E-state index contributed by atoms with van der Waals surface area (Å²) in [5, 5.41) is 15.0. The number of benzene rings is 3. The van der Waals surface area contributed by atoms with Crippen LogP contribution in [0.3, 0.4) is 0 Å². The molecule has 0 spiro atoms. The Balaban J connectivity index is 1.65. The quantitative estimate of drug-likeness (QED) is 0.434. The lowest BCUT2D eigenvalue weighted by molar-refractivity contribution is 0.102. The van der Waals surface area contributed by atoms with Crippen molar-refractivity contribution in [2.45, 2.75) is 13.0 Å². The molecule has 0 aliphatic carbocycles. The van der Waals surface area contributed by atoms with Gasteiger partial charge in [0.2, 0.25) is 0 Å². The fourth-order valence-corrected chi connectivity index (χ4v) is 2.88. The molecule has 0 fully saturated rings. The van der Waals surface area contributed by atoms with E-state index in [1.807, 2.05) is 0 Å². The van der Waals surface area contributed by atoms with E-state index < -0.39 is 23.9 Å². The van der Waals surface area contributed by atoms with Gasteiger partial charge in [0.15, 0.2) is 0 Å². The summed E-state index contributed by atoms with van der Waals surface area (Å²) in [4.78, 5) is 24.6. The molecule has 3 N–H and O–H groups in total. The minimum absolute atomic E-state index is 0.0591. The van der Waals surface area contributed by atoms with Gasteiger partial charge in [-0.25, -0.2) is 13.5 Å². The lowest BCUT2D eigenvalue weighted by Crippen LogP contribution is -2.26. The van der Waals surface area contributed by atoms with Crippen molar-refractivity contribution in [2.75, 3.05) is 14.9 Å². The Labute approximate surface area is 178 Å². The highest BCUT2D eigenvalue weighted by atomic mass is 32.1. The molecular weight excluding hydrogens is 405 g/mol. The van der Waals surface area contributed by atoms with E-state index >= 15 is 0 Å². The fourth-order valence-electron chi connectivity index (χ4n) is 2.70. The van der Waals surface area contributed by atoms with Gasteiger partial charge in [0, 0.05) is 11.4 Å². The Morgan fingerprint density at radius 3 is 2.33 bits per heavy atom. The van der Waals surface area contributed by atoms with Crippen LogP contribution in [0.2, 0.25) is 0 Å². The van der Waals surface area contributed by atoms with E-state index in [0.717, 1.165) is 4.31 Å². The van der Waals surface area contributed by atoms with Gasteiger partial charge in [-0.2, -0.15) is 0 Å². The Morgan fingerprint density at radius 2 is 1.67 bits per heavy atom. The summed E-state index contributed by atoms with van der Waals surface area (Å²) in [6.45, 7) is 1.64. The van der Waals surface area contributed by atoms with Gasteiger partial charge in [0.1, 0.15) is 5.82 Å². The SMILES string of the molecule is CC(O)c1cccc(NC(=O)N(S)c2ccc(NC(=O)c3ccccc3F)cc2)c1. The standard InChI is InChI=1S/C22H20FN3O3S/c1-14(27)15-5-4-6-17(13-15)25-22(29)26(30)18-11-9-16(10-12-18)24-21(28)19-7-2-3-8-20(19)23/h2-14,27,30H,1H3,(H,24,28)(H,25,29). The van der Waals surface area contributed by atoms with E-state index in [-0.39, 0.29) is 5.56 Å². The van der Waals surface area contributed by atoms with Crippen molar-refractivity contribution in [1.29, 1.82) is 0 Å². The van der Waals surface area contributed by atoms with Gasteiger partial charge in [-0.15, -0.1) is 0 Å². The number of anilines is 3. The Kier molecular flexibility index (Phi) is 6.71. The van der Waals surface area contributed by atoms with Crippen LogP contribution in [0, 0.1) is 5.82 Å². The Hall–Kier alpha value is -3.36. The second kappa shape index (κ2) is 9.43. The highest BCUT2D eigenvalue weighted by Gasteiger charge is 2.14. The van der Waals surface area contributed by atoms with Gasteiger partial charge in [-0.1, -0.05) is 37.1 Å². The van der Waals surface area contributed by atoms with Gasteiger partial charge >= 0.3 is 6.03 Å². The van der Waals surface area contributed by atoms with Crippen LogP contribution in [0.5, 0.6) is 0 Å². The first-order chi connectivity index (χ1) is 14.3. The van der Waals surface area contributed by atoms with Crippen molar-refractivity contribution in [1.82, 2.24) is 0 Å². The maximum absolute atomic E-state index is 13.7. The number of nitrogens with one attached hydrogen (secondary N) is 2. The van der Waals surface area contributed by atoms with Crippen LogP contribution < -0.4 is 14.9 Å². The highest BCUT2D eigenvalue weighted by molar-refractivity contribution is 7.82. The molecule has 6 nitrogen and oxygen atoms in total. The summed E-state index contributed by atoms with van der Waals surface area (Å²) in [5.41, 5.74) is 2.04. The zero-order valence-electron chi connectivity index (χ0n) is 16.0. The monoisotopic (exact) mass is 425 g/mol. The van der Waals surface area contributed by atoms with E-state index in [9.17, 15) is 19.1 Å². The first-order valence-electron chi connectivity index (χ1n) is 9.09. The van der Waals surface area contributed by atoms with Crippen LogP contribution in [0.1, 0.15) is 28.9 Å². The molecule has 1 unspecified atom stereocenters. The molecule has 30 heavy (non-hydrogen) atoms. The lowest BCUT2D eigenvalue weighted by Gasteiger charge is -2.17. The molecule has 0 saturated carbocycles. The molecule has 8 heteroatoms. The van der Waals surface area contributed by atoms with Crippen LogP contribution >= 0.6 is 12.8 Å². The zero-order chi connectivity index (χ0) is 21.7. The average Bonchev–Trinajstić information content (AvgIpc) is 2.74. The molecule has 0 heterocycles. The predicted molar refractivity (Wildman–Crippen MR) is 118 cm³/mol. The maximum Gasteiger partial charge on any atom is 0.336 e. The number of hydrogen-bond donors (Lipinski definition) is 4. The van der Waals surface area contributed by atoms with E-state index in [1.54, 1.807) is 61.5 Å². The van der Waals surface area contributed by atoms with Gasteiger partial charge in [0.25, 0.3) is 5.91 Å². The van der Waals surface area contributed by atoms with E-state index in [2.05, 4.69) is 23.4 Å². The van der Waals surface area contributed by atoms with Crippen LogP contribution in [-0.2, 0) is 0 Å². The van der Waals surface area contributed by atoms with Crippen molar-refractivity contribution in [3.8, 4) is 0 Å². The molecule has 0 aliphatic rings. The summed E-state index contributed by atoms with van der Waals surface area (Å²) >= 11 is 4.22. The fraction of sp³-hybridized carbons (Fsp3) is 0.0909. The van der Waals surface area contributed by atoms with Crippen molar-refractivity contribution in [3.63, 3.8) is 0 Å². The summed E-state index contributed by atoms with van der Waals surface area (Å²) in [5.74, 6) is -1.18. The van der Waals surface area contributed by atoms with Crippen molar-refractivity contribution in [2.24, 2.45) is 0 Å². The third-order valence-electron chi connectivity index (χ3n) is 4.30. The molecule has 0 aromatic heterocycles. The number of hydrogen-bond acceptors (Lipinski definition) is 4. The number of urea groups is 1. The molecule has 0 aliphatic heterocycles. The molecule has 0 bridgehead atoms. The van der Waals surface area contributed by atoms with Crippen LogP contribution in [0.15, 0.2) is 72.8 Å². The minimum atomic E-state index is -0.652. The second-order valence-electron chi connectivity index (χ2n) is 6.52. The van der Waals surface area contributed by atoms with Crippen LogP contribution in [0.25, 0.3) is 0 Å². The predicted octanol–water partition coefficient (Wildman–Crippen LogP) is 5.01. The average molecular weight is 425 g/mol. The Bertz CT molecular complexity index is 1060. The number of aliphatic hydroxyl groups is 1. The number of carbonyl (C=O) groups excluding carboxylic acids is 2. The molecular formula is C22H20FN3O3S. The summed E-state index contributed by atoms with van der Waals surface area (Å²) < 4.78 is 14.8. The number of nitrogens with zero attached hydrogens (tertiary/aromatic N) is 1. The second-order valence-corrected chi connectivity index (χ2v) is 6.92. The third kappa shape index (κ3) is 5.16. The number of amides is 3. The molecule has 3 aromatic rings. The first kappa shape index (κ1) is 21.4. The molecule has 3 rings (SSSR count). The lowest BCUT2D eigenvalue weighted by atomic mass is 10.1. The first-order valence-corrected chi connectivity index (χ1v) is 9.49. The molecule has 0 saturated heterocycles. The summed E-state index contributed by atoms with van der Waals surface area (Å²) in [6, 6.07) is 18.4. The zero-order valence-corrected chi connectivity index (χ0v) is 16.9. The highest BCUT2D eigenvalue weighted by Crippen LogP contribution is 2.23. The Morgan fingerprint density at radius 1 is 0.967 bits per heavy atom. The van der Waals surface area contributed by atoms with E-state index in [1.165, 1.54) is 18.2 Å². The van der Waals surface area contributed by atoms with Gasteiger partial charge < -0.3 is 15.7 Å². The largest absolute Gasteiger partial charge is 0.389 e. The van der Waals surface area contributed by atoms with Crippen molar-refractivity contribution in [3.05, 3.63) is 89.7 Å². The minimum Gasteiger partial charge on any atom is -0.389 e. The van der Waals surface area contributed by atoms with Crippen molar-refractivity contribution >= 4 is 41.8 Å². The van der Waals surface area contributed by atoms with Gasteiger partial charge in [-0.05, 0) is 61.0 Å². The maximum atomic E-state index is 13.7. The normalized spacial score (nSPS) is 11.5. The number of halogens is 1. The summed E-state index contributed by atoms with van der Waals surface area (Å²) in [6.07, 6.45) is -0.652. The van der Waals surface area contributed by atoms with Gasteiger partial charge in [-0.3, -0.25) is 4.79 Å². The van der Waals surface area contributed by atoms with Crippen LogP contribution in [0.4, 0.5) is 26.2 Å². The number of thiol groups is 1. The van der Waals surface area contributed by atoms with Crippen molar-refractivity contribution < 1.29 is 19.1 Å². The van der Waals surface area contributed by atoms with E-state index in [4.69, 9.17) is 0 Å². The molecule has 3 aromatic carbocycles. The summed E-state index contributed by atoms with van der Waals surface area (Å²) in [7, 11) is 0. The third-order valence-corrected chi connectivity index (χ3v) is 4.71.